The second-order valence-corrected chi connectivity index (χ2v) is 8.68. The van der Waals surface area contributed by atoms with Crippen LogP contribution in [0.2, 0.25) is 0 Å². The number of benzene rings is 1. The van der Waals surface area contributed by atoms with E-state index < -0.39 is 11.4 Å². The van der Waals surface area contributed by atoms with Gasteiger partial charge >= 0.3 is 5.97 Å². The molecule has 27 heavy (non-hydrogen) atoms. The molecule has 0 fully saturated rings. The number of esters is 1. The van der Waals surface area contributed by atoms with Gasteiger partial charge in [0.1, 0.15) is 4.88 Å². The maximum absolute atomic E-state index is 12.3. The van der Waals surface area contributed by atoms with Gasteiger partial charge in [0.2, 0.25) is 5.91 Å². The van der Waals surface area contributed by atoms with Gasteiger partial charge in [-0.1, -0.05) is 32.9 Å². The molecule has 0 bridgehead atoms. The molecule has 144 valence electrons. The zero-order valence-electron chi connectivity index (χ0n) is 16.6. The number of thiophene rings is 1. The monoisotopic (exact) mass is 387 g/mol. The normalized spacial score (nSPS) is 11.2. The second kappa shape index (κ2) is 8.05. The summed E-state index contributed by atoms with van der Waals surface area (Å²) < 4.78 is 5.19. The van der Waals surface area contributed by atoms with Gasteiger partial charge in [-0.15, -0.1) is 11.3 Å². The van der Waals surface area contributed by atoms with Gasteiger partial charge in [-0.05, 0) is 49.6 Å². The Bertz CT molecular complexity index is 890. The van der Waals surface area contributed by atoms with E-state index in [4.69, 9.17) is 4.74 Å². The molecular formula is C21H25NO4S. The first-order valence-electron chi connectivity index (χ1n) is 8.68. The Balaban J connectivity index is 2.02. The number of rotatable bonds is 5. The summed E-state index contributed by atoms with van der Waals surface area (Å²) in [5, 5.41) is 3.39. The van der Waals surface area contributed by atoms with Crippen LogP contribution in [0.15, 0.2) is 24.3 Å². The Morgan fingerprint density at radius 2 is 1.67 bits per heavy atom. The van der Waals surface area contributed by atoms with E-state index in [2.05, 4.69) is 5.32 Å². The first-order chi connectivity index (χ1) is 12.5. The van der Waals surface area contributed by atoms with Gasteiger partial charge in [-0.25, -0.2) is 4.79 Å². The van der Waals surface area contributed by atoms with Crippen LogP contribution in [-0.2, 0) is 9.53 Å². The van der Waals surface area contributed by atoms with Crippen molar-refractivity contribution in [1.82, 2.24) is 0 Å². The number of ketones is 1. The highest BCUT2D eigenvalue weighted by Gasteiger charge is 2.23. The number of aryl methyl sites for hydroxylation is 3. The molecule has 0 aliphatic heterocycles. The molecule has 1 N–H and O–H groups in total. The maximum atomic E-state index is 12.3. The van der Waals surface area contributed by atoms with E-state index in [1.165, 1.54) is 0 Å². The lowest BCUT2D eigenvalue weighted by molar-refractivity contribution is -0.123. The third kappa shape index (κ3) is 5.26. The minimum absolute atomic E-state index is 0.131. The average Bonchev–Trinajstić information content (AvgIpc) is 2.94. The molecule has 2 rings (SSSR count). The maximum Gasteiger partial charge on any atom is 0.349 e. The van der Waals surface area contributed by atoms with E-state index in [9.17, 15) is 14.4 Å². The van der Waals surface area contributed by atoms with Gasteiger partial charge < -0.3 is 10.1 Å². The molecular weight excluding hydrogens is 362 g/mol. The van der Waals surface area contributed by atoms with Crippen LogP contribution in [0.5, 0.6) is 0 Å². The van der Waals surface area contributed by atoms with Crippen LogP contribution >= 0.6 is 11.3 Å². The van der Waals surface area contributed by atoms with Gasteiger partial charge in [-0.2, -0.15) is 0 Å². The fourth-order valence-electron chi connectivity index (χ4n) is 2.24. The largest absolute Gasteiger partial charge is 0.453 e. The Hall–Kier alpha value is -2.47. The van der Waals surface area contributed by atoms with Crippen molar-refractivity contribution in [3.8, 4) is 0 Å². The molecule has 0 spiro atoms. The molecule has 0 radical (unpaired) electrons. The number of hydrogen-bond acceptors (Lipinski definition) is 5. The van der Waals surface area contributed by atoms with E-state index in [0.29, 0.717) is 21.0 Å². The summed E-state index contributed by atoms with van der Waals surface area (Å²) in [6.45, 7) is 10.8. The molecule has 0 saturated carbocycles. The van der Waals surface area contributed by atoms with Crippen molar-refractivity contribution >= 4 is 34.0 Å². The average molecular weight is 388 g/mol. The first-order valence-corrected chi connectivity index (χ1v) is 9.50. The SMILES string of the molecule is Cc1ccc(C(=O)COC(=O)c2sc(NC(=O)C(C)(C)C)cc2C)cc1C. The summed E-state index contributed by atoms with van der Waals surface area (Å²) in [6, 6.07) is 7.13. The Labute approximate surface area is 163 Å². The van der Waals surface area contributed by atoms with E-state index in [0.717, 1.165) is 22.5 Å². The zero-order valence-corrected chi connectivity index (χ0v) is 17.4. The number of nitrogens with one attached hydrogen (secondary N) is 1. The molecule has 0 atom stereocenters. The lowest BCUT2D eigenvalue weighted by Gasteiger charge is -2.16. The summed E-state index contributed by atoms with van der Waals surface area (Å²) in [5.41, 5.74) is 2.81. The highest BCUT2D eigenvalue weighted by atomic mass is 32.1. The quantitative estimate of drug-likeness (QED) is 0.596. The number of carbonyl (C=O) groups excluding carboxylic acids is 3. The van der Waals surface area contributed by atoms with Crippen molar-refractivity contribution < 1.29 is 19.1 Å². The highest BCUT2D eigenvalue weighted by Crippen LogP contribution is 2.29. The van der Waals surface area contributed by atoms with Gasteiger partial charge in [0.15, 0.2) is 12.4 Å². The van der Waals surface area contributed by atoms with Crippen LogP contribution in [0.1, 0.15) is 57.5 Å². The zero-order chi connectivity index (χ0) is 20.4. The van der Waals surface area contributed by atoms with Crippen LogP contribution in [0, 0.1) is 26.2 Å². The number of hydrogen-bond donors (Lipinski definition) is 1. The lowest BCUT2D eigenvalue weighted by atomic mass is 9.96. The third-order valence-corrected chi connectivity index (χ3v) is 5.32. The van der Waals surface area contributed by atoms with Crippen LogP contribution < -0.4 is 5.32 Å². The van der Waals surface area contributed by atoms with Gasteiger partial charge in [-0.3, -0.25) is 9.59 Å². The molecule has 1 amide bonds. The third-order valence-electron chi connectivity index (χ3n) is 4.18. The Morgan fingerprint density at radius 1 is 1.00 bits per heavy atom. The fraction of sp³-hybridized carbons (Fsp3) is 0.381. The van der Waals surface area contributed by atoms with Crippen LogP contribution in [0.3, 0.4) is 0 Å². The van der Waals surface area contributed by atoms with Crippen LogP contribution in [0.25, 0.3) is 0 Å². The van der Waals surface area contributed by atoms with E-state index in [1.54, 1.807) is 25.1 Å². The summed E-state index contributed by atoms with van der Waals surface area (Å²) >= 11 is 1.15. The molecule has 0 saturated heterocycles. The van der Waals surface area contributed by atoms with Gasteiger partial charge in [0.25, 0.3) is 0 Å². The van der Waals surface area contributed by atoms with Crippen LogP contribution in [0.4, 0.5) is 5.00 Å². The first kappa shape index (κ1) is 20.8. The van der Waals surface area contributed by atoms with Crippen molar-refractivity contribution in [3.05, 3.63) is 51.4 Å². The predicted octanol–water partition coefficient (Wildman–Crippen LogP) is 4.70. The van der Waals surface area contributed by atoms with E-state index in [-0.39, 0.29) is 18.3 Å². The van der Waals surface area contributed by atoms with Crippen LogP contribution in [-0.4, -0.2) is 24.3 Å². The van der Waals surface area contributed by atoms with Gasteiger partial charge in [0, 0.05) is 11.0 Å². The Kier molecular flexibility index (Phi) is 6.21. The van der Waals surface area contributed by atoms with Gasteiger partial charge in [0.05, 0.1) is 5.00 Å². The summed E-state index contributed by atoms with van der Waals surface area (Å²) in [4.78, 5) is 37.1. The smallest absolute Gasteiger partial charge is 0.349 e. The standard InChI is InChI=1S/C21H25NO4S/c1-12-7-8-15(9-13(12)2)16(23)11-26-19(24)18-14(3)10-17(27-18)22-20(25)21(4,5)6/h7-10H,11H2,1-6H3,(H,22,25). The minimum atomic E-state index is -0.564. The molecule has 2 aromatic rings. The molecule has 0 unspecified atom stereocenters. The van der Waals surface area contributed by atoms with E-state index >= 15 is 0 Å². The number of ether oxygens (including phenoxy) is 1. The molecule has 5 nitrogen and oxygen atoms in total. The van der Waals surface area contributed by atoms with E-state index in [1.807, 2.05) is 40.7 Å². The molecule has 0 aliphatic carbocycles. The van der Waals surface area contributed by atoms with Crippen molar-refractivity contribution in [2.75, 3.05) is 11.9 Å². The van der Waals surface area contributed by atoms with Crippen molar-refractivity contribution in [2.24, 2.45) is 5.41 Å². The second-order valence-electron chi connectivity index (χ2n) is 7.63. The number of Topliss-reactive ketones (excluding diaryl/α,β-unsaturated/α-hetero) is 1. The number of anilines is 1. The minimum Gasteiger partial charge on any atom is -0.453 e. The molecule has 1 heterocycles. The van der Waals surface area contributed by atoms with Crippen molar-refractivity contribution in [2.45, 2.75) is 41.5 Å². The van der Waals surface area contributed by atoms with Crippen molar-refractivity contribution in [3.63, 3.8) is 0 Å². The fourth-order valence-corrected chi connectivity index (χ4v) is 3.20. The lowest BCUT2D eigenvalue weighted by Crippen LogP contribution is -2.27. The summed E-state index contributed by atoms with van der Waals surface area (Å²) in [5.74, 6) is -0.943. The molecule has 1 aromatic carbocycles. The number of amides is 1. The molecule has 6 heteroatoms. The summed E-state index contributed by atoms with van der Waals surface area (Å²) in [6.07, 6.45) is 0. The highest BCUT2D eigenvalue weighted by molar-refractivity contribution is 7.18. The molecule has 1 aromatic heterocycles. The topological polar surface area (TPSA) is 72.5 Å². The predicted molar refractivity (Wildman–Crippen MR) is 108 cm³/mol. The molecule has 0 aliphatic rings. The number of carbonyl (C=O) groups is 3. The van der Waals surface area contributed by atoms with Crippen molar-refractivity contribution in [1.29, 1.82) is 0 Å². The summed E-state index contributed by atoms with van der Waals surface area (Å²) in [7, 11) is 0. The Morgan fingerprint density at radius 3 is 2.26 bits per heavy atom.